The van der Waals surface area contributed by atoms with Crippen LogP contribution >= 0.6 is 0 Å². The highest BCUT2D eigenvalue weighted by atomic mass is 32.2. The van der Waals surface area contributed by atoms with Crippen LogP contribution in [-0.2, 0) is 10.0 Å². The Morgan fingerprint density at radius 3 is 2.63 bits per heavy atom. The number of hydrogen-bond donors (Lipinski definition) is 2. The van der Waals surface area contributed by atoms with E-state index in [2.05, 4.69) is 32.0 Å². The summed E-state index contributed by atoms with van der Waals surface area (Å²) < 4.78 is 46.3. The van der Waals surface area contributed by atoms with Crippen molar-refractivity contribution in [3.63, 3.8) is 0 Å². The van der Waals surface area contributed by atoms with Gasteiger partial charge in [-0.15, -0.1) is 0 Å². The van der Waals surface area contributed by atoms with E-state index >= 15 is 0 Å². The van der Waals surface area contributed by atoms with Gasteiger partial charge >= 0.3 is 0 Å². The highest BCUT2D eigenvalue weighted by Gasteiger charge is 2.23. The maximum absolute atomic E-state index is 12.9. The van der Waals surface area contributed by atoms with E-state index in [4.69, 9.17) is 14.2 Å². The Morgan fingerprint density at radius 2 is 1.88 bits per heavy atom. The highest BCUT2D eigenvalue weighted by molar-refractivity contribution is 7.96. The van der Waals surface area contributed by atoms with Crippen molar-refractivity contribution >= 4 is 26.6 Å². The molecule has 0 spiro atoms. The van der Waals surface area contributed by atoms with Gasteiger partial charge in [-0.3, -0.25) is 9.71 Å². The number of nitrogens with one attached hydrogen (secondary N) is 2. The number of benzene rings is 2. The van der Waals surface area contributed by atoms with Gasteiger partial charge in [-0.1, -0.05) is 6.07 Å². The van der Waals surface area contributed by atoms with E-state index in [1.165, 1.54) is 0 Å². The van der Waals surface area contributed by atoms with Crippen molar-refractivity contribution in [3.8, 4) is 23.0 Å². The Labute approximate surface area is 241 Å². The number of nitrogens with zero attached hydrogens (tertiary/aromatic N) is 4. The number of anilines is 1. The third kappa shape index (κ3) is 7.20. The average Bonchev–Trinajstić information content (AvgIpc) is 3.47. The molecule has 0 radical (unpaired) electrons. The van der Waals surface area contributed by atoms with E-state index < -0.39 is 10.0 Å². The van der Waals surface area contributed by atoms with Gasteiger partial charge in [0.25, 0.3) is 10.0 Å². The molecule has 220 valence electrons. The summed E-state index contributed by atoms with van der Waals surface area (Å²) in [5, 5.41) is 2.49. The van der Waals surface area contributed by atoms with Crippen molar-refractivity contribution in [2.24, 2.45) is 0 Å². The van der Waals surface area contributed by atoms with E-state index in [-0.39, 0.29) is 11.4 Å². The van der Waals surface area contributed by atoms with Crippen LogP contribution in [0.15, 0.2) is 59.8 Å². The van der Waals surface area contributed by atoms with Gasteiger partial charge in [0, 0.05) is 69.2 Å². The SMILES string of the molecule is CCN1C=C(S(=O)(=O)Nc2cccc(Oc3ccnc4cc(OCCCN5CCN(C)CC5)c(OC)cc34)c2)CN1. The Bertz CT molecular complexity index is 1490. The second-order valence-corrected chi connectivity index (χ2v) is 11.9. The number of methoxy groups -OCH3 is 1. The van der Waals surface area contributed by atoms with Crippen molar-refractivity contribution < 1.29 is 22.6 Å². The first-order valence-corrected chi connectivity index (χ1v) is 15.3. The van der Waals surface area contributed by atoms with Gasteiger partial charge in [0.2, 0.25) is 0 Å². The highest BCUT2D eigenvalue weighted by Crippen LogP contribution is 2.37. The number of fused-ring (bicyclic) bond motifs is 1. The number of piperazine rings is 1. The van der Waals surface area contributed by atoms with E-state index in [1.807, 2.05) is 19.1 Å². The standard InChI is InChI=1S/C29H38N6O5S/c1-4-35-21-24(20-31-35)41(36,37)32-22-7-5-8-23(17-22)40-27-9-10-30-26-19-29(28(38-3)18-25(26)27)39-16-6-11-34-14-12-33(2)13-15-34/h5,7-10,17-19,21,31-32H,4,6,11-16,20H2,1-3H3. The molecule has 0 unspecified atom stereocenters. The molecule has 2 aliphatic heterocycles. The molecular formula is C29H38N6O5S. The molecule has 0 saturated carbocycles. The van der Waals surface area contributed by atoms with Crippen molar-refractivity contribution in [2.75, 3.05) is 71.3 Å². The van der Waals surface area contributed by atoms with Gasteiger partial charge in [-0.25, -0.2) is 13.8 Å². The van der Waals surface area contributed by atoms with Crippen LogP contribution in [0.25, 0.3) is 10.9 Å². The Morgan fingerprint density at radius 1 is 1.05 bits per heavy atom. The zero-order valence-corrected chi connectivity index (χ0v) is 24.6. The molecule has 41 heavy (non-hydrogen) atoms. The van der Waals surface area contributed by atoms with E-state index in [0.717, 1.165) is 44.5 Å². The number of hydrogen-bond acceptors (Lipinski definition) is 10. The molecule has 2 aliphatic rings. The fourth-order valence-corrected chi connectivity index (χ4v) is 5.90. The normalized spacial score (nSPS) is 16.6. The molecule has 3 aromatic rings. The lowest BCUT2D eigenvalue weighted by molar-refractivity contribution is 0.145. The van der Waals surface area contributed by atoms with Crippen molar-refractivity contribution in [2.45, 2.75) is 13.3 Å². The van der Waals surface area contributed by atoms with Crippen LogP contribution in [0.1, 0.15) is 13.3 Å². The monoisotopic (exact) mass is 582 g/mol. The molecule has 2 N–H and O–H groups in total. The lowest BCUT2D eigenvalue weighted by Gasteiger charge is -2.32. The number of rotatable bonds is 12. The lowest BCUT2D eigenvalue weighted by Crippen LogP contribution is -2.44. The first-order chi connectivity index (χ1) is 19.8. The zero-order valence-electron chi connectivity index (χ0n) is 23.8. The molecule has 5 rings (SSSR count). The third-order valence-electron chi connectivity index (χ3n) is 7.22. The Hall–Kier alpha value is -3.58. The maximum Gasteiger partial charge on any atom is 0.260 e. The first-order valence-electron chi connectivity index (χ1n) is 13.9. The number of likely N-dealkylation sites (N-methyl/N-ethyl adjacent to an activating group) is 1. The molecule has 2 aromatic carbocycles. The van der Waals surface area contributed by atoms with Crippen LogP contribution < -0.4 is 24.4 Å². The van der Waals surface area contributed by atoms with E-state index in [9.17, 15) is 8.42 Å². The first kappa shape index (κ1) is 28.9. The number of ether oxygens (including phenoxy) is 3. The summed E-state index contributed by atoms with van der Waals surface area (Å²) in [4.78, 5) is 9.61. The molecule has 0 atom stereocenters. The summed E-state index contributed by atoms with van der Waals surface area (Å²) in [6, 6.07) is 12.3. The largest absolute Gasteiger partial charge is 0.493 e. The van der Waals surface area contributed by atoms with E-state index in [0.29, 0.717) is 47.4 Å². The van der Waals surface area contributed by atoms with Gasteiger partial charge in [0.05, 0.1) is 36.4 Å². The molecule has 1 saturated heterocycles. The Kier molecular flexibility index (Phi) is 9.13. The van der Waals surface area contributed by atoms with E-state index in [1.54, 1.807) is 54.8 Å². The minimum absolute atomic E-state index is 0.242. The fraction of sp³-hybridized carbons (Fsp3) is 0.414. The predicted molar refractivity (Wildman–Crippen MR) is 160 cm³/mol. The minimum Gasteiger partial charge on any atom is -0.493 e. The van der Waals surface area contributed by atoms with Crippen LogP contribution in [0.3, 0.4) is 0 Å². The summed E-state index contributed by atoms with van der Waals surface area (Å²) in [7, 11) is 0.0634. The fourth-order valence-electron chi connectivity index (χ4n) is 4.81. The summed E-state index contributed by atoms with van der Waals surface area (Å²) in [6.45, 7) is 8.80. The summed E-state index contributed by atoms with van der Waals surface area (Å²) in [6.07, 6.45) is 4.20. The van der Waals surface area contributed by atoms with Gasteiger partial charge < -0.3 is 29.0 Å². The molecule has 3 heterocycles. The summed E-state index contributed by atoms with van der Waals surface area (Å²) >= 11 is 0. The molecule has 1 fully saturated rings. The third-order valence-corrected chi connectivity index (χ3v) is 8.66. The second kappa shape index (κ2) is 12.9. The molecule has 0 amide bonds. The summed E-state index contributed by atoms with van der Waals surface area (Å²) in [5.74, 6) is 2.28. The van der Waals surface area contributed by atoms with Crippen molar-refractivity contribution in [1.29, 1.82) is 0 Å². The second-order valence-electron chi connectivity index (χ2n) is 10.1. The molecule has 11 nitrogen and oxygen atoms in total. The molecule has 1 aromatic heterocycles. The van der Waals surface area contributed by atoms with Crippen molar-refractivity contribution in [1.82, 2.24) is 25.2 Å². The molecule has 0 bridgehead atoms. The number of aromatic nitrogens is 1. The molecule has 0 aliphatic carbocycles. The van der Waals surface area contributed by atoms with Crippen LogP contribution in [-0.4, -0.2) is 94.8 Å². The minimum atomic E-state index is -3.71. The average molecular weight is 583 g/mol. The number of hydrazine groups is 1. The molecular weight excluding hydrogens is 544 g/mol. The van der Waals surface area contributed by atoms with Gasteiger partial charge in [-0.2, -0.15) is 0 Å². The quantitative estimate of drug-likeness (QED) is 0.308. The molecule has 12 heteroatoms. The maximum atomic E-state index is 12.9. The van der Waals surface area contributed by atoms with Crippen LogP contribution in [0.2, 0.25) is 0 Å². The predicted octanol–water partition coefficient (Wildman–Crippen LogP) is 3.48. The topological polar surface area (TPSA) is 108 Å². The van der Waals surface area contributed by atoms with Crippen molar-refractivity contribution in [3.05, 3.63) is 59.8 Å². The zero-order chi connectivity index (χ0) is 28.8. The smallest absolute Gasteiger partial charge is 0.260 e. The summed E-state index contributed by atoms with van der Waals surface area (Å²) in [5.41, 5.74) is 4.13. The lowest BCUT2D eigenvalue weighted by atomic mass is 10.1. The van der Waals surface area contributed by atoms with Gasteiger partial charge in [0.1, 0.15) is 11.5 Å². The number of pyridine rings is 1. The van der Waals surface area contributed by atoms with Gasteiger partial charge in [0.15, 0.2) is 11.5 Å². The van der Waals surface area contributed by atoms with Crippen LogP contribution in [0, 0.1) is 0 Å². The van der Waals surface area contributed by atoms with Crippen LogP contribution in [0.5, 0.6) is 23.0 Å². The van der Waals surface area contributed by atoms with Crippen LogP contribution in [0.4, 0.5) is 5.69 Å². The number of sulfonamides is 1. The Balaban J connectivity index is 1.26. The van der Waals surface area contributed by atoms with Gasteiger partial charge in [-0.05, 0) is 44.7 Å².